The lowest BCUT2D eigenvalue weighted by Gasteiger charge is -2.38. The lowest BCUT2D eigenvalue weighted by atomic mass is 9.82. The van der Waals surface area contributed by atoms with Crippen molar-refractivity contribution in [2.45, 2.75) is 31.8 Å². The Balaban J connectivity index is 1.90. The molecule has 0 saturated carbocycles. The summed E-state index contributed by atoms with van der Waals surface area (Å²) in [6, 6.07) is 0. The Morgan fingerprint density at radius 3 is 2.67 bits per heavy atom. The van der Waals surface area contributed by atoms with E-state index in [1.165, 1.54) is 25.7 Å². The molecule has 0 spiro atoms. The Kier molecular flexibility index (Phi) is 4.42. The normalized spacial score (nSPS) is 34.2. The van der Waals surface area contributed by atoms with Crippen molar-refractivity contribution >= 4 is 0 Å². The average molecular weight is 213 g/mol. The summed E-state index contributed by atoms with van der Waals surface area (Å²) in [6.45, 7) is 3.91. The molecule has 2 unspecified atom stereocenters. The predicted octanol–water partition coefficient (Wildman–Crippen LogP) is 1.43. The molecule has 0 aromatic rings. The first-order chi connectivity index (χ1) is 7.42. The summed E-state index contributed by atoms with van der Waals surface area (Å²) < 4.78 is 11.4. The molecular formula is C12H23NO2. The van der Waals surface area contributed by atoms with E-state index in [-0.39, 0.29) is 0 Å². The molecule has 0 radical (unpaired) electrons. The second kappa shape index (κ2) is 5.83. The molecule has 2 aliphatic heterocycles. The third-order valence-electron chi connectivity index (χ3n) is 3.69. The highest BCUT2D eigenvalue weighted by molar-refractivity contribution is 4.83. The zero-order chi connectivity index (χ0) is 10.5. The summed E-state index contributed by atoms with van der Waals surface area (Å²) in [7, 11) is 2.04. The lowest BCUT2D eigenvalue weighted by Crippen LogP contribution is -2.42. The van der Waals surface area contributed by atoms with Crippen LogP contribution in [0.3, 0.4) is 0 Å². The zero-order valence-electron chi connectivity index (χ0n) is 9.71. The fourth-order valence-electron chi connectivity index (χ4n) is 2.91. The lowest BCUT2D eigenvalue weighted by molar-refractivity contribution is -0.0855. The summed E-state index contributed by atoms with van der Waals surface area (Å²) in [4.78, 5) is 0. The van der Waals surface area contributed by atoms with Crippen molar-refractivity contribution < 1.29 is 9.47 Å². The van der Waals surface area contributed by atoms with E-state index >= 15 is 0 Å². The van der Waals surface area contributed by atoms with Crippen LogP contribution in [0.5, 0.6) is 0 Å². The van der Waals surface area contributed by atoms with Gasteiger partial charge >= 0.3 is 0 Å². The van der Waals surface area contributed by atoms with E-state index in [0.29, 0.717) is 12.0 Å². The fraction of sp³-hybridized carbons (Fsp3) is 1.00. The van der Waals surface area contributed by atoms with Crippen LogP contribution < -0.4 is 5.32 Å². The molecule has 15 heavy (non-hydrogen) atoms. The van der Waals surface area contributed by atoms with Gasteiger partial charge in [-0.3, -0.25) is 0 Å². The van der Waals surface area contributed by atoms with Crippen LogP contribution in [-0.2, 0) is 9.47 Å². The molecule has 3 nitrogen and oxygen atoms in total. The molecule has 0 aliphatic carbocycles. The second-order valence-electron chi connectivity index (χ2n) is 4.75. The van der Waals surface area contributed by atoms with Gasteiger partial charge in [0.1, 0.15) is 0 Å². The maximum atomic E-state index is 5.99. The monoisotopic (exact) mass is 213 g/mol. The summed E-state index contributed by atoms with van der Waals surface area (Å²) in [6.07, 6.45) is 5.40. The van der Waals surface area contributed by atoms with Crippen molar-refractivity contribution in [3.63, 3.8) is 0 Å². The van der Waals surface area contributed by atoms with Crippen LogP contribution in [0.4, 0.5) is 0 Å². The van der Waals surface area contributed by atoms with E-state index in [1.807, 2.05) is 7.05 Å². The zero-order valence-corrected chi connectivity index (χ0v) is 9.71. The molecule has 2 fully saturated rings. The van der Waals surface area contributed by atoms with Gasteiger partial charge in [-0.25, -0.2) is 0 Å². The molecule has 0 aromatic heterocycles. The minimum Gasteiger partial charge on any atom is -0.381 e. The van der Waals surface area contributed by atoms with E-state index in [9.17, 15) is 0 Å². The summed E-state index contributed by atoms with van der Waals surface area (Å²) >= 11 is 0. The third kappa shape index (κ3) is 2.92. The van der Waals surface area contributed by atoms with Crippen molar-refractivity contribution in [1.29, 1.82) is 0 Å². The third-order valence-corrected chi connectivity index (χ3v) is 3.69. The van der Waals surface area contributed by atoms with Gasteiger partial charge in [0.25, 0.3) is 0 Å². The summed E-state index contributed by atoms with van der Waals surface area (Å²) in [5.41, 5.74) is 0. The molecule has 2 aliphatic rings. The Hall–Kier alpha value is -0.120. The molecule has 0 amide bonds. The molecule has 0 bridgehead atoms. The Bertz CT molecular complexity index is 168. The van der Waals surface area contributed by atoms with Crippen molar-refractivity contribution in [3.8, 4) is 0 Å². The largest absolute Gasteiger partial charge is 0.381 e. The number of ether oxygens (including phenoxy) is 2. The van der Waals surface area contributed by atoms with E-state index < -0.39 is 0 Å². The SMILES string of the molecule is CNCC1CCCOC1C1CCOCC1. The van der Waals surface area contributed by atoms with Gasteiger partial charge in [-0.15, -0.1) is 0 Å². The van der Waals surface area contributed by atoms with Gasteiger partial charge in [-0.05, 0) is 44.6 Å². The summed E-state index contributed by atoms with van der Waals surface area (Å²) in [5.74, 6) is 1.45. The van der Waals surface area contributed by atoms with Gasteiger partial charge in [0.05, 0.1) is 6.10 Å². The molecule has 1 N–H and O–H groups in total. The average Bonchev–Trinajstić information content (AvgIpc) is 2.31. The Morgan fingerprint density at radius 1 is 1.13 bits per heavy atom. The minimum absolute atomic E-state index is 0.482. The van der Waals surface area contributed by atoms with Crippen LogP contribution in [0.1, 0.15) is 25.7 Å². The molecule has 2 heterocycles. The number of hydrogen-bond donors (Lipinski definition) is 1. The van der Waals surface area contributed by atoms with Crippen LogP contribution in [0.2, 0.25) is 0 Å². The Morgan fingerprint density at radius 2 is 1.93 bits per heavy atom. The number of rotatable bonds is 3. The van der Waals surface area contributed by atoms with Crippen molar-refractivity contribution in [2.24, 2.45) is 11.8 Å². The molecule has 88 valence electrons. The van der Waals surface area contributed by atoms with Crippen molar-refractivity contribution in [1.82, 2.24) is 5.32 Å². The topological polar surface area (TPSA) is 30.5 Å². The smallest absolute Gasteiger partial charge is 0.0645 e. The van der Waals surface area contributed by atoms with Gasteiger partial charge in [0.2, 0.25) is 0 Å². The van der Waals surface area contributed by atoms with Crippen LogP contribution in [-0.4, -0.2) is 39.5 Å². The van der Waals surface area contributed by atoms with E-state index in [2.05, 4.69) is 5.32 Å². The molecule has 2 rings (SSSR count). The first kappa shape index (κ1) is 11.4. The summed E-state index contributed by atoms with van der Waals surface area (Å²) in [5, 5.41) is 3.30. The van der Waals surface area contributed by atoms with Crippen molar-refractivity contribution in [2.75, 3.05) is 33.4 Å². The molecule has 3 heteroatoms. The molecule has 0 aromatic carbocycles. The molecule has 2 atom stereocenters. The van der Waals surface area contributed by atoms with Crippen LogP contribution in [0.15, 0.2) is 0 Å². The Labute approximate surface area is 92.5 Å². The minimum atomic E-state index is 0.482. The highest BCUT2D eigenvalue weighted by Gasteiger charge is 2.33. The van der Waals surface area contributed by atoms with E-state index in [0.717, 1.165) is 32.3 Å². The first-order valence-corrected chi connectivity index (χ1v) is 6.25. The van der Waals surface area contributed by atoms with Crippen LogP contribution in [0.25, 0.3) is 0 Å². The fourth-order valence-corrected chi connectivity index (χ4v) is 2.91. The first-order valence-electron chi connectivity index (χ1n) is 6.25. The maximum Gasteiger partial charge on any atom is 0.0645 e. The number of nitrogens with one attached hydrogen (secondary N) is 1. The standard InChI is InChI=1S/C12H23NO2/c1-13-9-11-3-2-6-15-12(11)10-4-7-14-8-5-10/h10-13H,2-9H2,1H3. The highest BCUT2D eigenvalue weighted by Crippen LogP contribution is 2.31. The van der Waals surface area contributed by atoms with Gasteiger partial charge in [-0.2, -0.15) is 0 Å². The maximum absolute atomic E-state index is 5.99. The van der Waals surface area contributed by atoms with Gasteiger partial charge in [0.15, 0.2) is 0 Å². The highest BCUT2D eigenvalue weighted by atomic mass is 16.5. The van der Waals surface area contributed by atoms with Gasteiger partial charge < -0.3 is 14.8 Å². The van der Waals surface area contributed by atoms with Crippen LogP contribution in [0, 0.1) is 11.8 Å². The van der Waals surface area contributed by atoms with Crippen LogP contribution >= 0.6 is 0 Å². The van der Waals surface area contributed by atoms with E-state index in [4.69, 9.17) is 9.47 Å². The van der Waals surface area contributed by atoms with E-state index in [1.54, 1.807) is 0 Å². The quantitative estimate of drug-likeness (QED) is 0.769. The molecular weight excluding hydrogens is 190 g/mol. The van der Waals surface area contributed by atoms with Gasteiger partial charge in [-0.1, -0.05) is 0 Å². The van der Waals surface area contributed by atoms with Gasteiger partial charge in [0, 0.05) is 26.4 Å². The number of hydrogen-bond acceptors (Lipinski definition) is 3. The second-order valence-corrected chi connectivity index (χ2v) is 4.75. The predicted molar refractivity (Wildman–Crippen MR) is 59.9 cm³/mol. The molecule has 2 saturated heterocycles. The van der Waals surface area contributed by atoms with Crippen molar-refractivity contribution in [3.05, 3.63) is 0 Å².